The van der Waals surface area contributed by atoms with Crippen LogP contribution in [0.3, 0.4) is 0 Å². The summed E-state index contributed by atoms with van der Waals surface area (Å²) in [7, 11) is 0. The molecule has 8 heteroatoms. The summed E-state index contributed by atoms with van der Waals surface area (Å²) in [6, 6.07) is 7.30. The van der Waals surface area contributed by atoms with Crippen LogP contribution < -0.4 is 19.7 Å². The first-order chi connectivity index (χ1) is 14.2. The Morgan fingerprint density at radius 2 is 1.97 bits per heavy atom. The van der Waals surface area contributed by atoms with Crippen molar-refractivity contribution in [2.75, 3.05) is 49.7 Å². The van der Waals surface area contributed by atoms with Gasteiger partial charge in [0.2, 0.25) is 5.91 Å². The summed E-state index contributed by atoms with van der Waals surface area (Å²) < 4.78 is 16.6. The van der Waals surface area contributed by atoms with Crippen LogP contribution in [0, 0.1) is 0 Å². The van der Waals surface area contributed by atoms with Crippen molar-refractivity contribution in [3.8, 4) is 11.5 Å². The highest BCUT2D eigenvalue weighted by Gasteiger charge is 2.15. The fraction of sp³-hybridized carbons (Fsp3) is 0.333. The quantitative estimate of drug-likeness (QED) is 0.772. The summed E-state index contributed by atoms with van der Waals surface area (Å²) in [6.45, 7) is 4.19. The maximum Gasteiger partial charge on any atom is 0.248 e. The van der Waals surface area contributed by atoms with E-state index in [2.05, 4.69) is 15.2 Å². The zero-order chi connectivity index (χ0) is 20.1. The third kappa shape index (κ3) is 4.99. The number of halogens is 1. The monoisotopic (exact) mass is 415 g/mol. The lowest BCUT2D eigenvalue weighted by Gasteiger charge is -2.27. The Hall–Kier alpha value is -2.77. The number of amides is 1. The van der Waals surface area contributed by atoms with Crippen LogP contribution in [0.2, 0.25) is 5.02 Å². The van der Waals surface area contributed by atoms with E-state index in [1.807, 2.05) is 18.2 Å². The molecule has 0 atom stereocenters. The first-order valence-corrected chi connectivity index (χ1v) is 9.94. The summed E-state index contributed by atoms with van der Waals surface area (Å²) >= 11 is 6.28. The van der Waals surface area contributed by atoms with E-state index in [0.717, 1.165) is 30.9 Å². The topological polar surface area (TPSA) is 72.9 Å². The average molecular weight is 416 g/mol. The van der Waals surface area contributed by atoms with E-state index in [-0.39, 0.29) is 5.91 Å². The summed E-state index contributed by atoms with van der Waals surface area (Å²) in [5.74, 6) is 1.77. The fourth-order valence-electron chi connectivity index (χ4n) is 3.14. The zero-order valence-electron chi connectivity index (χ0n) is 15.9. The molecule has 1 aromatic heterocycles. The van der Waals surface area contributed by atoms with Gasteiger partial charge in [-0.2, -0.15) is 0 Å². The standard InChI is InChI=1S/C21H22ClN3O4/c22-17-12-15(13-18-21(17)29-9-1-8-28-18)2-5-20(26)24-16-3-4-19(23-14-16)25-6-10-27-11-7-25/h2-5,12-14H,1,6-11H2,(H,24,26)/b5-2+. The van der Waals surface area contributed by atoms with Gasteiger partial charge in [-0.1, -0.05) is 11.6 Å². The van der Waals surface area contributed by atoms with Crippen molar-refractivity contribution in [2.45, 2.75) is 6.42 Å². The number of aromatic nitrogens is 1. The SMILES string of the molecule is O=C(/C=C/c1cc(Cl)c2c(c1)OCCCO2)Nc1ccc(N2CCOCC2)nc1. The van der Waals surface area contributed by atoms with Gasteiger partial charge in [0, 0.05) is 25.6 Å². The van der Waals surface area contributed by atoms with Crippen LogP contribution in [-0.2, 0) is 9.53 Å². The van der Waals surface area contributed by atoms with Crippen molar-refractivity contribution < 1.29 is 19.0 Å². The molecule has 2 aromatic rings. The Labute approximate surface area is 174 Å². The smallest absolute Gasteiger partial charge is 0.248 e. The Kier molecular flexibility index (Phi) is 6.17. The average Bonchev–Trinajstić information content (AvgIpc) is 2.99. The number of nitrogens with one attached hydrogen (secondary N) is 1. The molecule has 152 valence electrons. The number of rotatable bonds is 4. The molecule has 0 unspecified atom stereocenters. The number of benzene rings is 1. The van der Waals surface area contributed by atoms with Crippen molar-refractivity contribution in [2.24, 2.45) is 0 Å². The maximum atomic E-state index is 12.3. The molecule has 1 aromatic carbocycles. The lowest BCUT2D eigenvalue weighted by Crippen LogP contribution is -2.36. The van der Waals surface area contributed by atoms with Gasteiger partial charge < -0.3 is 24.4 Å². The van der Waals surface area contributed by atoms with Crippen LogP contribution in [0.5, 0.6) is 11.5 Å². The number of hydrogen-bond acceptors (Lipinski definition) is 6. The van der Waals surface area contributed by atoms with Crippen molar-refractivity contribution in [1.82, 2.24) is 4.98 Å². The molecule has 3 heterocycles. The van der Waals surface area contributed by atoms with E-state index in [1.54, 1.807) is 18.3 Å². The summed E-state index contributed by atoms with van der Waals surface area (Å²) in [5, 5.41) is 3.27. The summed E-state index contributed by atoms with van der Waals surface area (Å²) in [5.41, 5.74) is 1.39. The highest BCUT2D eigenvalue weighted by molar-refractivity contribution is 6.32. The van der Waals surface area contributed by atoms with Crippen molar-refractivity contribution in [1.29, 1.82) is 0 Å². The predicted molar refractivity (Wildman–Crippen MR) is 112 cm³/mol. The van der Waals surface area contributed by atoms with Crippen LogP contribution in [-0.4, -0.2) is 50.4 Å². The third-order valence-electron chi connectivity index (χ3n) is 4.60. The molecular formula is C21H22ClN3O4. The van der Waals surface area contributed by atoms with Gasteiger partial charge in [-0.05, 0) is 35.9 Å². The number of anilines is 2. The van der Waals surface area contributed by atoms with Gasteiger partial charge in [-0.3, -0.25) is 4.79 Å². The Morgan fingerprint density at radius 3 is 2.76 bits per heavy atom. The minimum absolute atomic E-state index is 0.255. The van der Waals surface area contributed by atoms with Crippen molar-refractivity contribution >= 4 is 35.1 Å². The zero-order valence-corrected chi connectivity index (χ0v) is 16.7. The van der Waals surface area contributed by atoms with Crippen LogP contribution in [0.15, 0.2) is 36.5 Å². The number of carbonyl (C=O) groups is 1. The van der Waals surface area contributed by atoms with Crippen LogP contribution in [0.4, 0.5) is 11.5 Å². The first kappa shape index (κ1) is 19.5. The molecule has 29 heavy (non-hydrogen) atoms. The van der Waals surface area contributed by atoms with E-state index in [0.29, 0.717) is 48.6 Å². The number of morpholine rings is 1. The molecule has 2 aliphatic heterocycles. The number of hydrogen-bond donors (Lipinski definition) is 1. The maximum absolute atomic E-state index is 12.3. The Balaban J connectivity index is 1.38. The predicted octanol–water partition coefficient (Wildman–Crippen LogP) is 3.38. The molecule has 1 saturated heterocycles. The van der Waals surface area contributed by atoms with Crippen molar-refractivity contribution in [3.63, 3.8) is 0 Å². The van der Waals surface area contributed by atoms with E-state index < -0.39 is 0 Å². The van der Waals surface area contributed by atoms with E-state index in [1.165, 1.54) is 6.08 Å². The Morgan fingerprint density at radius 1 is 1.14 bits per heavy atom. The molecule has 0 spiro atoms. The van der Waals surface area contributed by atoms with Gasteiger partial charge in [0.25, 0.3) is 0 Å². The molecule has 1 fully saturated rings. The van der Waals surface area contributed by atoms with Gasteiger partial charge >= 0.3 is 0 Å². The molecule has 0 saturated carbocycles. The van der Waals surface area contributed by atoms with Gasteiger partial charge in [0.1, 0.15) is 5.82 Å². The summed E-state index contributed by atoms with van der Waals surface area (Å²) in [6.07, 6.45) is 5.59. The molecule has 1 amide bonds. The van der Waals surface area contributed by atoms with Gasteiger partial charge in [-0.15, -0.1) is 0 Å². The molecule has 4 rings (SSSR count). The molecule has 0 radical (unpaired) electrons. The second-order valence-corrected chi connectivity index (χ2v) is 7.11. The number of ether oxygens (including phenoxy) is 3. The molecular weight excluding hydrogens is 394 g/mol. The van der Waals surface area contributed by atoms with Crippen molar-refractivity contribution in [3.05, 3.63) is 47.1 Å². The summed E-state index contributed by atoms with van der Waals surface area (Å²) in [4.78, 5) is 18.8. The molecule has 2 aliphatic rings. The minimum atomic E-state index is -0.255. The first-order valence-electron chi connectivity index (χ1n) is 9.56. The van der Waals surface area contributed by atoms with E-state index in [4.69, 9.17) is 25.8 Å². The molecule has 0 bridgehead atoms. The number of carbonyl (C=O) groups excluding carboxylic acids is 1. The largest absolute Gasteiger partial charge is 0.489 e. The van der Waals surface area contributed by atoms with E-state index in [9.17, 15) is 4.79 Å². The van der Waals surface area contributed by atoms with Crippen LogP contribution in [0.25, 0.3) is 6.08 Å². The molecule has 1 N–H and O–H groups in total. The van der Waals surface area contributed by atoms with Gasteiger partial charge in [0.05, 0.1) is 43.3 Å². The third-order valence-corrected chi connectivity index (χ3v) is 4.88. The van der Waals surface area contributed by atoms with Gasteiger partial charge in [0.15, 0.2) is 11.5 Å². The second-order valence-electron chi connectivity index (χ2n) is 6.71. The van der Waals surface area contributed by atoms with Crippen LogP contribution >= 0.6 is 11.6 Å². The Bertz CT molecular complexity index is 896. The normalized spacial score (nSPS) is 16.5. The lowest BCUT2D eigenvalue weighted by atomic mass is 10.2. The van der Waals surface area contributed by atoms with Gasteiger partial charge in [-0.25, -0.2) is 4.98 Å². The molecule has 7 nitrogen and oxygen atoms in total. The highest BCUT2D eigenvalue weighted by Crippen LogP contribution is 2.38. The van der Waals surface area contributed by atoms with Crippen LogP contribution in [0.1, 0.15) is 12.0 Å². The molecule has 0 aliphatic carbocycles. The van der Waals surface area contributed by atoms with E-state index >= 15 is 0 Å². The fourth-order valence-corrected chi connectivity index (χ4v) is 3.42. The second kappa shape index (κ2) is 9.15. The number of fused-ring (bicyclic) bond motifs is 1. The minimum Gasteiger partial charge on any atom is -0.489 e. The number of pyridine rings is 1. The number of nitrogens with zero attached hydrogens (tertiary/aromatic N) is 2. The lowest BCUT2D eigenvalue weighted by molar-refractivity contribution is -0.111. The highest BCUT2D eigenvalue weighted by atomic mass is 35.5.